The maximum absolute atomic E-state index is 13.1. The Morgan fingerprint density at radius 3 is 2.33 bits per heavy atom. The lowest BCUT2D eigenvalue weighted by Gasteiger charge is -2.28. The third kappa shape index (κ3) is 4.32. The lowest BCUT2D eigenvalue weighted by molar-refractivity contribution is -0.116. The van der Waals surface area contributed by atoms with Crippen LogP contribution in [0.2, 0.25) is 0 Å². The summed E-state index contributed by atoms with van der Waals surface area (Å²) in [4.78, 5) is 12.5. The first kappa shape index (κ1) is 17.9. The number of hydrogen-bond donors (Lipinski definition) is 1. The van der Waals surface area contributed by atoms with Crippen LogP contribution in [0.3, 0.4) is 0 Å². The number of halogens is 1. The molecule has 2 aromatic rings. The Bertz CT molecular complexity index is 835. The molecule has 24 heavy (non-hydrogen) atoms. The molecule has 7 heteroatoms. The summed E-state index contributed by atoms with van der Waals surface area (Å²) >= 11 is 0. The molecule has 5 nitrogen and oxygen atoms in total. The highest BCUT2D eigenvalue weighted by atomic mass is 32.2. The lowest BCUT2D eigenvalue weighted by Crippen LogP contribution is -2.45. The number of nitrogens with zero attached hydrogens (tertiary/aromatic N) is 1. The minimum Gasteiger partial charge on any atom is -0.324 e. The van der Waals surface area contributed by atoms with Gasteiger partial charge < -0.3 is 5.32 Å². The quantitative estimate of drug-likeness (QED) is 0.902. The molecule has 0 spiro atoms. The number of carbonyl (C=O) groups excluding carboxylic acids is 1. The van der Waals surface area contributed by atoms with Crippen molar-refractivity contribution in [2.45, 2.75) is 19.9 Å². The fourth-order valence-corrected chi connectivity index (χ4v) is 3.54. The summed E-state index contributed by atoms with van der Waals surface area (Å²) in [6.45, 7) is 3.37. The zero-order chi connectivity index (χ0) is 17.9. The van der Waals surface area contributed by atoms with Gasteiger partial charge in [-0.05, 0) is 55.8 Å². The van der Waals surface area contributed by atoms with E-state index in [2.05, 4.69) is 5.32 Å². The van der Waals surface area contributed by atoms with Gasteiger partial charge in [0, 0.05) is 5.69 Å². The van der Waals surface area contributed by atoms with Crippen LogP contribution in [0.4, 0.5) is 15.8 Å². The Balaban J connectivity index is 2.29. The van der Waals surface area contributed by atoms with E-state index in [-0.39, 0.29) is 5.69 Å². The van der Waals surface area contributed by atoms with Crippen LogP contribution < -0.4 is 9.62 Å². The molecule has 0 aliphatic rings. The second-order valence-electron chi connectivity index (χ2n) is 5.57. The van der Waals surface area contributed by atoms with Crippen LogP contribution in [0.5, 0.6) is 0 Å². The molecule has 0 aliphatic heterocycles. The zero-order valence-electron chi connectivity index (χ0n) is 13.7. The predicted octanol–water partition coefficient (Wildman–Crippen LogP) is 2.93. The summed E-state index contributed by atoms with van der Waals surface area (Å²) in [6, 6.07) is 11.2. The van der Waals surface area contributed by atoms with Gasteiger partial charge in [0.1, 0.15) is 11.9 Å². The molecule has 0 saturated carbocycles. The molecule has 0 unspecified atom stereocenters. The summed E-state index contributed by atoms with van der Waals surface area (Å²) in [7, 11) is -3.73. The molecule has 128 valence electrons. The number of sulfonamides is 1. The van der Waals surface area contributed by atoms with Crippen LogP contribution >= 0.6 is 0 Å². The fraction of sp³-hybridized carbons (Fsp3) is 0.235. The molecule has 2 rings (SSSR count). The third-order valence-electron chi connectivity index (χ3n) is 3.46. The van der Waals surface area contributed by atoms with Crippen molar-refractivity contribution in [3.05, 3.63) is 59.9 Å². The van der Waals surface area contributed by atoms with Crippen molar-refractivity contribution in [1.82, 2.24) is 0 Å². The van der Waals surface area contributed by atoms with Crippen molar-refractivity contribution in [2.75, 3.05) is 15.9 Å². The smallest absolute Gasteiger partial charge is 0.247 e. The van der Waals surface area contributed by atoms with Crippen LogP contribution in [-0.2, 0) is 14.8 Å². The highest BCUT2D eigenvalue weighted by Crippen LogP contribution is 2.22. The van der Waals surface area contributed by atoms with Gasteiger partial charge in [-0.3, -0.25) is 9.10 Å². The maximum Gasteiger partial charge on any atom is 0.247 e. The number of benzene rings is 2. The van der Waals surface area contributed by atoms with Crippen LogP contribution in [0.25, 0.3) is 0 Å². The maximum atomic E-state index is 13.1. The van der Waals surface area contributed by atoms with Crippen molar-refractivity contribution >= 4 is 27.3 Å². The van der Waals surface area contributed by atoms with Gasteiger partial charge in [0.15, 0.2) is 0 Å². The standard InChI is InChI=1S/C17H19FN2O3S/c1-12-5-4-6-15(11-12)19-17(21)13(2)20(24(3,22)23)16-9-7-14(18)8-10-16/h4-11,13H,1-3H3,(H,19,21)/t13-/m0/s1. The molecule has 0 saturated heterocycles. The van der Waals surface area contributed by atoms with Gasteiger partial charge in [-0.2, -0.15) is 0 Å². The van der Waals surface area contributed by atoms with E-state index in [9.17, 15) is 17.6 Å². The van der Waals surface area contributed by atoms with Gasteiger partial charge in [-0.1, -0.05) is 12.1 Å². The summed E-state index contributed by atoms with van der Waals surface area (Å²) in [6.07, 6.45) is 1.01. The van der Waals surface area contributed by atoms with E-state index >= 15 is 0 Å². The van der Waals surface area contributed by atoms with E-state index < -0.39 is 27.8 Å². The Morgan fingerprint density at radius 2 is 1.79 bits per heavy atom. The van der Waals surface area contributed by atoms with Gasteiger partial charge in [-0.15, -0.1) is 0 Å². The first-order valence-corrected chi connectivity index (χ1v) is 9.16. The van der Waals surface area contributed by atoms with Crippen LogP contribution in [-0.4, -0.2) is 26.6 Å². The van der Waals surface area contributed by atoms with E-state index in [1.165, 1.54) is 19.1 Å². The van der Waals surface area contributed by atoms with Crippen molar-refractivity contribution in [1.29, 1.82) is 0 Å². The number of aryl methyl sites for hydroxylation is 1. The molecule has 1 atom stereocenters. The van der Waals surface area contributed by atoms with E-state index in [0.29, 0.717) is 5.69 Å². The van der Waals surface area contributed by atoms with Gasteiger partial charge >= 0.3 is 0 Å². The highest BCUT2D eigenvalue weighted by Gasteiger charge is 2.29. The summed E-state index contributed by atoms with van der Waals surface area (Å²) in [5, 5.41) is 2.70. The molecule has 0 heterocycles. The molecule has 1 amide bonds. The van der Waals surface area contributed by atoms with E-state index in [4.69, 9.17) is 0 Å². The number of rotatable bonds is 5. The Morgan fingerprint density at radius 1 is 1.17 bits per heavy atom. The van der Waals surface area contributed by atoms with Gasteiger partial charge in [0.25, 0.3) is 0 Å². The first-order chi connectivity index (χ1) is 11.2. The van der Waals surface area contributed by atoms with Gasteiger partial charge in [0.2, 0.25) is 15.9 Å². The molecule has 0 aromatic heterocycles. The molecule has 1 N–H and O–H groups in total. The number of nitrogens with one attached hydrogen (secondary N) is 1. The lowest BCUT2D eigenvalue weighted by atomic mass is 10.2. The number of hydrogen-bond acceptors (Lipinski definition) is 3. The molecule has 2 aromatic carbocycles. The summed E-state index contributed by atoms with van der Waals surface area (Å²) < 4.78 is 38.3. The van der Waals surface area contributed by atoms with E-state index in [1.54, 1.807) is 18.2 Å². The third-order valence-corrected chi connectivity index (χ3v) is 4.70. The molecular weight excluding hydrogens is 331 g/mol. The Kier molecular flexibility index (Phi) is 5.23. The average molecular weight is 350 g/mol. The Hall–Kier alpha value is -2.41. The Labute approximate surface area is 141 Å². The number of carbonyl (C=O) groups is 1. The van der Waals surface area contributed by atoms with Crippen LogP contribution in [0, 0.1) is 12.7 Å². The number of anilines is 2. The van der Waals surface area contributed by atoms with Crippen LogP contribution in [0.1, 0.15) is 12.5 Å². The summed E-state index contributed by atoms with van der Waals surface area (Å²) in [5.41, 5.74) is 1.78. The van der Waals surface area contributed by atoms with Crippen molar-refractivity contribution in [3.63, 3.8) is 0 Å². The average Bonchev–Trinajstić information content (AvgIpc) is 2.48. The molecule has 0 bridgehead atoms. The predicted molar refractivity (Wildman–Crippen MR) is 93.0 cm³/mol. The monoisotopic (exact) mass is 350 g/mol. The minimum absolute atomic E-state index is 0.228. The topological polar surface area (TPSA) is 66.5 Å². The fourth-order valence-electron chi connectivity index (χ4n) is 2.37. The molecular formula is C17H19FN2O3S. The van der Waals surface area contributed by atoms with Crippen LogP contribution in [0.15, 0.2) is 48.5 Å². The van der Waals surface area contributed by atoms with Crippen molar-refractivity contribution in [2.24, 2.45) is 0 Å². The summed E-state index contributed by atoms with van der Waals surface area (Å²) in [5.74, 6) is -0.959. The van der Waals surface area contributed by atoms with Crippen molar-refractivity contribution < 1.29 is 17.6 Å². The SMILES string of the molecule is Cc1cccc(NC(=O)[C@H](C)N(c2ccc(F)cc2)S(C)(=O)=O)c1. The molecule has 0 radical (unpaired) electrons. The number of amides is 1. The van der Waals surface area contributed by atoms with E-state index in [1.807, 2.05) is 13.0 Å². The van der Waals surface area contributed by atoms with Gasteiger partial charge in [0.05, 0.1) is 11.9 Å². The second-order valence-corrected chi connectivity index (χ2v) is 7.43. The zero-order valence-corrected chi connectivity index (χ0v) is 14.5. The van der Waals surface area contributed by atoms with Gasteiger partial charge in [-0.25, -0.2) is 12.8 Å². The largest absolute Gasteiger partial charge is 0.324 e. The second kappa shape index (κ2) is 7.00. The molecule has 0 aliphatic carbocycles. The minimum atomic E-state index is -3.73. The molecule has 0 fully saturated rings. The highest BCUT2D eigenvalue weighted by molar-refractivity contribution is 7.92. The normalized spacial score (nSPS) is 12.5. The van der Waals surface area contributed by atoms with E-state index in [0.717, 1.165) is 28.3 Å². The van der Waals surface area contributed by atoms with Crippen molar-refractivity contribution in [3.8, 4) is 0 Å². The first-order valence-electron chi connectivity index (χ1n) is 7.31.